The van der Waals surface area contributed by atoms with E-state index in [-0.39, 0.29) is 0 Å². The van der Waals surface area contributed by atoms with E-state index in [2.05, 4.69) is 30.9 Å². The molecule has 0 aromatic heterocycles. The van der Waals surface area contributed by atoms with Crippen LogP contribution in [0.4, 0.5) is 5.69 Å². The zero-order valence-corrected chi connectivity index (χ0v) is 11.8. The first-order valence-corrected chi connectivity index (χ1v) is 7.36. The average Bonchev–Trinajstić information content (AvgIpc) is 2.40. The van der Waals surface area contributed by atoms with Gasteiger partial charge in [0.1, 0.15) is 0 Å². The number of hydrogen-bond acceptors (Lipinski definition) is 2. The van der Waals surface area contributed by atoms with E-state index in [0.29, 0.717) is 0 Å². The number of rotatable bonds is 5. The van der Waals surface area contributed by atoms with E-state index in [1.165, 1.54) is 49.9 Å². The second kappa shape index (κ2) is 6.24. The van der Waals surface area contributed by atoms with Crippen LogP contribution in [0.25, 0.3) is 0 Å². The lowest BCUT2D eigenvalue weighted by atomic mass is 9.86. The molecule has 18 heavy (non-hydrogen) atoms. The monoisotopic (exact) mass is 246 g/mol. The molecule has 0 spiro atoms. The summed E-state index contributed by atoms with van der Waals surface area (Å²) >= 11 is 0. The van der Waals surface area contributed by atoms with Crippen LogP contribution in [0.3, 0.4) is 0 Å². The highest BCUT2D eigenvalue weighted by molar-refractivity contribution is 5.52. The SMILES string of the molecule is CCCCN(CC)C1CCc2c(N)cccc2C1. The molecule has 0 bridgehead atoms. The molecule has 2 N–H and O–H groups in total. The lowest BCUT2D eigenvalue weighted by Crippen LogP contribution is -2.39. The summed E-state index contributed by atoms with van der Waals surface area (Å²) in [6.45, 7) is 6.97. The number of anilines is 1. The summed E-state index contributed by atoms with van der Waals surface area (Å²) in [6, 6.07) is 7.11. The van der Waals surface area contributed by atoms with Gasteiger partial charge in [-0.3, -0.25) is 0 Å². The molecular weight excluding hydrogens is 220 g/mol. The Morgan fingerprint density at radius 3 is 2.89 bits per heavy atom. The van der Waals surface area contributed by atoms with E-state index in [1.54, 1.807) is 0 Å². The quantitative estimate of drug-likeness (QED) is 0.808. The molecule has 100 valence electrons. The molecule has 2 rings (SSSR count). The van der Waals surface area contributed by atoms with Crippen LogP contribution in [0.2, 0.25) is 0 Å². The van der Waals surface area contributed by atoms with Gasteiger partial charge in [0.05, 0.1) is 0 Å². The molecule has 0 amide bonds. The smallest absolute Gasteiger partial charge is 0.0349 e. The van der Waals surface area contributed by atoms with E-state index < -0.39 is 0 Å². The third-order valence-electron chi connectivity index (χ3n) is 4.21. The second-order valence-corrected chi connectivity index (χ2v) is 5.36. The third-order valence-corrected chi connectivity index (χ3v) is 4.21. The van der Waals surface area contributed by atoms with Gasteiger partial charge in [0.2, 0.25) is 0 Å². The van der Waals surface area contributed by atoms with Gasteiger partial charge in [-0.1, -0.05) is 32.4 Å². The highest BCUT2D eigenvalue weighted by Crippen LogP contribution is 2.28. The third kappa shape index (κ3) is 2.86. The molecule has 1 aliphatic rings. The predicted molar refractivity (Wildman–Crippen MR) is 78.8 cm³/mol. The van der Waals surface area contributed by atoms with Gasteiger partial charge < -0.3 is 10.6 Å². The van der Waals surface area contributed by atoms with E-state index in [4.69, 9.17) is 5.73 Å². The molecule has 2 nitrogen and oxygen atoms in total. The van der Waals surface area contributed by atoms with Crippen LogP contribution >= 0.6 is 0 Å². The normalized spacial score (nSPS) is 18.9. The molecule has 0 aliphatic heterocycles. The Bertz CT molecular complexity index is 387. The van der Waals surface area contributed by atoms with E-state index >= 15 is 0 Å². The van der Waals surface area contributed by atoms with Gasteiger partial charge >= 0.3 is 0 Å². The number of fused-ring (bicyclic) bond motifs is 1. The van der Waals surface area contributed by atoms with Gasteiger partial charge in [0.15, 0.2) is 0 Å². The molecule has 0 heterocycles. The maximum Gasteiger partial charge on any atom is 0.0349 e. The number of nitrogens with zero attached hydrogens (tertiary/aromatic N) is 1. The summed E-state index contributed by atoms with van der Waals surface area (Å²) in [5.41, 5.74) is 9.93. The first-order chi connectivity index (χ1) is 8.76. The van der Waals surface area contributed by atoms with Crippen LogP contribution in [0.15, 0.2) is 18.2 Å². The average molecular weight is 246 g/mol. The molecular formula is C16H26N2. The van der Waals surface area contributed by atoms with Crippen molar-refractivity contribution in [3.63, 3.8) is 0 Å². The van der Waals surface area contributed by atoms with Gasteiger partial charge in [-0.15, -0.1) is 0 Å². The molecule has 1 aliphatic carbocycles. The number of benzene rings is 1. The minimum Gasteiger partial charge on any atom is -0.398 e. The predicted octanol–water partition coefficient (Wildman–Crippen LogP) is 3.25. The largest absolute Gasteiger partial charge is 0.398 e. The van der Waals surface area contributed by atoms with Crippen molar-refractivity contribution < 1.29 is 0 Å². The first-order valence-electron chi connectivity index (χ1n) is 7.36. The number of likely N-dealkylation sites (N-methyl/N-ethyl adjacent to an activating group) is 1. The molecule has 1 unspecified atom stereocenters. The number of unbranched alkanes of at least 4 members (excludes halogenated alkanes) is 1. The van der Waals surface area contributed by atoms with Crippen LogP contribution < -0.4 is 5.73 Å². The van der Waals surface area contributed by atoms with Crippen LogP contribution in [0, 0.1) is 0 Å². The minimum absolute atomic E-state index is 0.718. The lowest BCUT2D eigenvalue weighted by Gasteiger charge is -2.35. The molecule has 0 radical (unpaired) electrons. The summed E-state index contributed by atoms with van der Waals surface area (Å²) < 4.78 is 0. The number of hydrogen-bond donors (Lipinski definition) is 1. The zero-order valence-electron chi connectivity index (χ0n) is 11.8. The van der Waals surface area contributed by atoms with Crippen LogP contribution in [0.1, 0.15) is 44.2 Å². The van der Waals surface area contributed by atoms with Gasteiger partial charge in [0.25, 0.3) is 0 Å². The van der Waals surface area contributed by atoms with E-state index in [9.17, 15) is 0 Å². The fraction of sp³-hybridized carbons (Fsp3) is 0.625. The standard InChI is InChI=1S/C16H26N2/c1-3-5-11-18(4-2)14-9-10-15-13(12-14)7-6-8-16(15)17/h6-8,14H,3-5,9-12,17H2,1-2H3. The number of nitrogens with two attached hydrogens (primary N) is 1. The van der Waals surface area contributed by atoms with Crippen LogP contribution in [-0.4, -0.2) is 24.0 Å². The maximum atomic E-state index is 6.06. The van der Waals surface area contributed by atoms with Crippen molar-refractivity contribution >= 4 is 5.69 Å². The Balaban J connectivity index is 2.06. The van der Waals surface area contributed by atoms with Gasteiger partial charge in [-0.2, -0.15) is 0 Å². The van der Waals surface area contributed by atoms with Crippen molar-refractivity contribution in [2.45, 2.75) is 52.0 Å². The van der Waals surface area contributed by atoms with Crippen molar-refractivity contribution in [2.75, 3.05) is 18.8 Å². The second-order valence-electron chi connectivity index (χ2n) is 5.36. The minimum atomic E-state index is 0.718. The summed E-state index contributed by atoms with van der Waals surface area (Å²) in [4.78, 5) is 2.65. The van der Waals surface area contributed by atoms with Crippen molar-refractivity contribution in [2.24, 2.45) is 0 Å². The summed E-state index contributed by atoms with van der Waals surface area (Å²) in [5.74, 6) is 0. The molecule has 2 heteroatoms. The van der Waals surface area contributed by atoms with Gasteiger partial charge in [0, 0.05) is 11.7 Å². The van der Waals surface area contributed by atoms with Crippen molar-refractivity contribution in [1.82, 2.24) is 4.90 Å². The van der Waals surface area contributed by atoms with Crippen LogP contribution in [0.5, 0.6) is 0 Å². The Morgan fingerprint density at radius 2 is 2.17 bits per heavy atom. The van der Waals surface area contributed by atoms with Crippen molar-refractivity contribution in [3.05, 3.63) is 29.3 Å². The highest BCUT2D eigenvalue weighted by atomic mass is 15.1. The van der Waals surface area contributed by atoms with Gasteiger partial charge in [-0.05, 0) is 56.0 Å². The summed E-state index contributed by atoms with van der Waals surface area (Å²) in [5, 5.41) is 0. The number of nitrogen functional groups attached to an aromatic ring is 1. The van der Waals surface area contributed by atoms with Gasteiger partial charge in [-0.25, -0.2) is 0 Å². The summed E-state index contributed by atoms with van der Waals surface area (Å²) in [6.07, 6.45) is 6.19. The van der Waals surface area contributed by atoms with Crippen molar-refractivity contribution in [1.29, 1.82) is 0 Å². The summed E-state index contributed by atoms with van der Waals surface area (Å²) in [7, 11) is 0. The Labute approximate surface area is 111 Å². The van der Waals surface area contributed by atoms with Crippen LogP contribution in [-0.2, 0) is 12.8 Å². The Kier molecular flexibility index (Phi) is 4.65. The van der Waals surface area contributed by atoms with Crippen molar-refractivity contribution in [3.8, 4) is 0 Å². The topological polar surface area (TPSA) is 29.3 Å². The molecule has 1 aromatic rings. The Morgan fingerprint density at radius 1 is 1.33 bits per heavy atom. The molecule has 1 aromatic carbocycles. The molecule has 0 fully saturated rings. The first kappa shape index (κ1) is 13.4. The Hall–Kier alpha value is -1.02. The fourth-order valence-corrected chi connectivity index (χ4v) is 3.09. The lowest BCUT2D eigenvalue weighted by molar-refractivity contribution is 0.186. The fourth-order valence-electron chi connectivity index (χ4n) is 3.09. The molecule has 0 saturated heterocycles. The van der Waals surface area contributed by atoms with E-state index in [1.807, 2.05) is 6.07 Å². The molecule has 1 atom stereocenters. The maximum absolute atomic E-state index is 6.06. The molecule has 0 saturated carbocycles. The highest BCUT2D eigenvalue weighted by Gasteiger charge is 2.23. The van der Waals surface area contributed by atoms with E-state index in [0.717, 1.165) is 18.2 Å². The zero-order chi connectivity index (χ0) is 13.0.